The van der Waals surface area contributed by atoms with Gasteiger partial charge in [-0.15, -0.1) is 10.2 Å². The molecule has 0 unspecified atom stereocenters. The van der Waals surface area contributed by atoms with E-state index in [1.54, 1.807) is 12.1 Å². The first-order valence-electron chi connectivity index (χ1n) is 6.41. The molecule has 2 N–H and O–H groups in total. The minimum Gasteiger partial charge on any atom is -0.480 e. The van der Waals surface area contributed by atoms with E-state index in [0.29, 0.717) is 35.8 Å². The van der Waals surface area contributed by atoms with E-state index in [-0.39, 0.29) is 11.5 Å². The Hall–Kier alpha value is -2.61. The second-order valence-electron chi connectivity index (χ2n) is 4.51. The van der Waals surface area contributed by atoms with Crippen molar-refractivity contribution in [1.29, 1.82) is 0 Å². The average molecular weight is 287 g/mol. The highest BCUT2D eigenvalue weighted by Crippen LogP contribution is 2.21. The monoisotopic (exact) mass is 287 g/mol. The van der Waals surface area contributed by atoms with E-state index in [2.05, 4.69) is 25.5 Å². The van der Waals surface area contributed by atoms with E-state index in [4.69, 9.17) is 4.74 Å². The number of rotatable bonds is 3. The Labute approximate surface area is 120 Å². The van der Waals surface area contributed by atoms with E-state index in [1.165, 1.54) is 7.11 Å². The van der Waals surface area contributed by atoms with Crippen LogP contribution in [0.5, 0.6) is 5.88 Å². The summed E-state index contributed by atoms with van der Waals surface area (Å²) in [7, 11) is 1.49. The number of carboxylic acid groups (broad SMARTS) is 1. The minimum atomic E-state index is -1.06. The van der Waals surface area contributed by atoms with Crippen LogP contribution in [0.2, 0.25) is 0 Å². The zero-order valence-corrected chi connectivity index (χ0v) is 11.3. The number of aromatic nitrogens is 4. The highest BCUT2D eigenvalue weighted by atomic mass is 16.5. The summed E-state index contributed by atoms with van der Waals surface area (Å²) in [6.45, 7) is 1.24. The number of ether oxygens (including phenoxy) is 1. The van der Waals surface area contributed by atoms with E-state index >= 15 is 0 Å². The Morgan fingerprint density at radius 3 is 2.86 bits per heavy atom. The topological polar surface area (TPSA) is 110 Å². The molecule has 3 rings (SSSR count). The third-order valence-electron chi connectivity index (χ3n) is 3.22. The molecule has 0 aliphatic carbocycles. The molecule has 0 spiro atoms. The summed E-state index contributed by atoms with van der Waals surface area (Å²) in [5.74, 6) is -0.430. The molecule has 3 heterocycles. The first-order chi connectivity index (χ1) is 10.2. The van der Waals surface area contributed by atoms with Gasteiger partial charge in [0.05, 0.1) is 12.8 Å². The van der Waals surface area contributed by atoms with Crippen molar-refractivity contribution in [2.24, 2.45) is 0 Å². The van der Waals surface area contributed by atoms with Gasteiger partial charge in [-0.05, 0) is 19.0 Å². The summed E-state index contributed by atoms with van der Waals surface area (Å²) >= 11 is 0. The molecule has 1 aliphatic heterocycles. The molecule has 0 fully saturated rings. The second-order valence-corrected chi connectivity index (χ2v) is 4.51. The molecule has 8 nitrogen and oxygen atoms in total. The van der Waals surface area contributed by atoms with Crippen LogP contribution in [0, 0.1) is 0 Å². The molecule has 0 atom stereocenters. The van der Waals surface area contributed by atoms with E-state index in [1.807, 2.05) is 0 Å². The first kappa shape index (κ1) is 13.4. The molecule has 0 saturated carbocycles. The molecule has 8 heteroatoms. The predicted octanol–water partition coefficient (Wildman–Crippen LogP) is 0.286. The van der Waals surface area contributed by atoms with Gasteiger partial charge in [0.25, 0.3) is 0 Å². The number of aromatic carboxylic acids is 1. The maximum atomic E-state index is 11.4. The third-order valence-corrected chi connectivity index (χ3v) is 3.22. The van der Waals surface area contributed by atoms with E-state index in [9.17, 15) is 9.90 Å². The summed E-state index contributed by atoms with van der Waals surface area (Å²) in [6, 6.07) is 3.28. The van der Waals surface area contributed by atoms with Gasteiger partial charge in [-0.1, -0.05) is 0 Å². The summed E-state index contributed by atoms with van der Waals surface area (Å²) < 4.78 is 4.94. The van der Waals surface area contributed by atoms with Crippen molar-refractivity contribution in [2.45, 2.75) is 13.0 Å². The normalized spacial score (nSPS) is 13.6. The van der Waals surface area contributed by atoms with Gasteiger partial charge in [0, 0.05) is 18.2 Å². The third kappa shape index (κ3) is 2.52. The Kier molecular flexibility index (Phi) is 3.44. The lowest BCUT2D eigenvalue weighted by molar-refractivity contribution is 0.0688. The van der Waals surface area contributed by atoms with Gasteiger partial charge in [0.2, 0.25) is 5.88 Å². The average Bonchev–Trinajstić information content (AvgIpc) is 2.53. The highest BCUT2D eigenvalue weighted by Gasteiger charge is 2.22. The molecule has 21 heavy (non-hydrogen) atoms. The van der Waals surface area contributed by atoms with Crippen molar-refractivity contribution in [3.63, 3.8) is 0 Å². The molecule has 2 aromatic rings. The lowest BCUT2D eigenvalue weighted by atomic mass is 10.0. The van der Waals surface area contributed by atoms with Crippen LogP contribution < -0.4 is 10.1 Å². The molecule has 0 bridgehead atoms. The van der Waals surface area contributed by atoms with Gasteiger partial charge in [0.1, 0.15) is 5.69 Å². The number of hydrogen-bond acceptors (Lipinski definition) is 7. The quantitative estimate of drug-likeness (QED) is 0.828. The van der Waals surface area contributed by atoms with Crippen LogP contribution in [0.4, 0.5) is 0 Å². The van der Waals surface area contributed by atoms with Crippen LogP contribution >= 0.6 is 0 Å². The largest absolute Gasteiger partial charge is 0.480 e. The number of fused-ring (bicyclic) bond motifs is 1. The summed E-state index contributed by atoms with van der Waals surface area (Å²) in [5.41, 5.74) is 1.83. The second kappa shape index (κ2) is 5.41. The van der Waals surface area contributed by atoms with Gasteiger partial charge in [-0.3, -0.25) is 0 Å². The van der Waals surface area contributed by atoms with Crippen molar-refractivity contribution < 1.29 is 14.6 Å². The minimum absolute atomic E-state index is 0.0362. The van der Waals surface area contributed by atoms with Gasteiger partial charge >= 0.3 is 5.97 Å². The van der Waals surface area contributed by atoms with Crippen molar-refractivity contribution in [2.75, 3.05) is 13.7 Å². The standard InChI is InChI=1S/C13H13N5O3/c1-21-10-3-2-8(17-18-10)12-15-9-6-14-5-4-7(9)11(16-12)13(19)20/h2-3,14H,4-6H2,1H3,(H,19,20). The number of carboxylic acids is 1. The van der Waals surface area contributed by atoms with Crippen molar-refractivity contribution in [3.8, 4) is 17.4 Å². The summed E-state index contributed by atoms with van der Waals surface area (Å²) in [5, 5.41) is 20.3. The zero-order chi connectivity index (χ0) is 14.8. The number of carbonyl (C=O) groups is 1. The number of nitrogens with zero attached hydrogens (tertiary/aromatic N) is 4. The molecular weight excluding hydrogens is 274 g/mol. The van der Waals surface area contributed by atoms with Gasteiger partial charge in [0.15, 0.2) is 11.5 Å². The predicted molar refractivity (Wildman–Crippen MR) is 72.0 cm³/mol. The van der Waals surface area contributed by atoms with E-state index in [0.717, 1.165) is 6.54 Å². The Morgan fingerprint density at radius 1 is 1.33 bits per heavy atom. The zero-order valence-electron chi connectivity index (χ0n) is 11.3. The van der Waals surface area contributed by atoms with Crippen LogP contribution in [-0.2, 0) is 13.0 Å². The lowest BCUT2D eigenvalue weighted by Crippen LogP contribution is -2.27. The van der Waals surface area contributed by atoms with Crippen LogP contribution in [0.1, 0.15) is 21.7 Å². The van der Waals surface area contributed by atoms with Gasteiger partial charge in [-0.2, -0.15) is 0 Å². The molecule has 2 aromatic heterocycles. The molecule has 0 radical (unpaired) electrons. The highest BCUT2D eigenvalue weighted by molar-refractivity contribution is 5.88. The molecule has 1 aliphatic rings. The summed E-state index contributed by atoms with van der Waals surface area (Å²) in [4.78, 5) is 19.9. The Bertz CT molecular complexity index is 687. The molecule has 0 aromatic carbocycles. The lowest BCUT2D eigenvalue weighted by Gasteiger charge is -2.18. The fraction of sp³-hybridized carbons (Fsp3) is 0.308. The number of nitrogens with one attached hydrogen (secondary N) is 1. The van der Waals surface area contributed by atoms with Crippen molar-refractivity contribution in [1.82, 2.24) is 25.5 Å². The van der Waals surface area contributed by atoms with Crippen LogP contribution in [0.25, 0.3) is 11.5 Å². The van der Waals surface area contributed by atoms with Gasteiger partial charge < -0.3 is 15.2 Å². The SMILES string of the molecule is COc1ccc(-c2nc3c(c(C(=O)O)n2)CCNC3)nn1. The van der Waals surface area contributed by atoms with Crippen molar-refractivity contribution in [3.05, 3.63) is 29.1 Å². The Morgan fingerprint density at radius 2 is 2.19 bits per heavy atom. The van der Waals surface area contributed by atoms with Crippen LogP contribution in [0.3, 0.4) is 0 Å². The maximum absolute atomic E-state index is 11.4. The maximum Gasteiger partial charge on any atom is 0.354 e. The molecule has 108 valence electrons. The van der Waals surface area contributed by atoms with E-state index < -0.39 is 5.97 Å². The van der Waals surface area contributed by atoms with Gasteiger partial charge in [-0.25, -0.2) is 14.8 Å². The summed E-state index contributed by atoms with van der Waals surface area (Å²) in [6.07, 6.45) is 0.603. The van der Waals surface area contributed by atoms with Crippen molar-refractivity contribution >= 4 is 5.97 Å². The smallest absolute Gasteiger partial charge is 0.354 e. The molecule has 0 saturated heterocycles. The number of hydrogen-bond donors (Lipinski definition) is 2. The molecule has 0 amide bonds. The Balaban J connectivity index is 2.09. The van der Waals surface area contributed by atoms with Crippen LogP contribution in [0.15, 0.2) is 12.1 Å². The fourth-order valence-corrected chi connectivity index (χ4v) is 2.20. The molecular formula is C13H13N5O3. The fourth-order valence-electron chi connectivity index (χ4n) is 2.20. The first-order valence-corrected chi connectivity index (χ1v) is 6.41. The number of methoxy groups -OCH3 is 1. The van der Waals surface area contributed by atoms with Crippen LogP contribution in [-0.4, -0.2) is 44.9 Å².